The molecule has 1 radical (unpaired) electrons. The SMILES string of the molecule is O=C1CCCCCC(=O)[C]2CCCN2O1. The van der Waals surface area contributed by atoms with Gasteiger partial charge >= 0.3 is 5.97 Å². The second kappa shape index (κ2) is 4.75. The third-order valence-electron chi connectivity index (χ3n) is 2.89. The zero-order chi connectivity index (χ0) is 10.7. The lowest BCUT2D eigenvalue weighted by atomic mass is 10.0. The first-order chi connectivity index (χ1) is 7.27. The predicted molar refractivity (Wildman–Crippen MR) is 53.4 cm³/mol. The van der Waals surface area contributed by atoms with Gasteiger partial charge in [0.05, 0.1) is 0 Å². The van der Waals surface area contributed by atoms with E-state index in [9.17, 15) is 9.59 Å². The van der Waals surface area contributed by atoms with Crippen LogP contribution in [0.1, 0.15) is 44.9 Å². The number of Topliss-reactive ketones (excluding diaryl/α,β-unsaturated/α-hetero) is 1. The van der Waals surface area contributed by atoms with E-state index in [0.717, 1.165) is 32.1 Å². The van der Waals surface area contributed by atoms with Crippen LogP contribution in [0.15, 0.2) is 0 Å². The first-order valence-corrected chi connectivity index (χ1v) is 5.65. The molecule has 0 saturated carbocycles. The number of nitrogens with zero attached hydrogens (tertiary/aromatic N) is 1. The summed E-state index contributed by atoms with van der Waals surface area (Å²) >= 11 is 0. The van der Waals surface area contributed by atoms with E-state index in [4.69, 9.17) is 4.84 Å². The molecular weight excluding hydrogens is 194 g/mol. The van der Waals surface area contributed by atoms with Crippen LogP contribution < -0.4 is 0 Å². The molecule has 2 aliphatic rings. The van der Waals surface area contributed by atoms with Gasteiger partial charge in [-0.05, 0) is 25.7 Å². The Labute approximate surface area is 89.5 Å². The van der Waals surface area contributed by atoms with Gasteiger partial charge in [-0.25, -0.2) is 0 Å². The number of rotatable bonds is 0. The van der Waals surface area contributed by atoms with Crippen molar-refractivity contribution < 1.29 is 14.4 Å². The number of carbonyl (C=O) groups is 2. The van der Waals surface area contributed by atoms with E-state index in [-0.39, 0.29) is 11.8 Å². The van der Waals surface area contributed by atoms with Gasteiger partial charge < -0.3 is 4.84 Å². The third-order valence-corrected chi connectivity index (χ3v) is 2.89. The Morgan fingerprint density at radius 3 is 2.60 bits per heavy atom. The average molecular weight is 210 g/mol. The molecule has 0 aromatic carbocycles. The Hall–Kier alpha value is -0.900. The summed E-state index contributed by atoms with van der Waals surface area (Å²) < 4.78 is 0. The summed E-state index contributed by atoms with van der Waals surface area (Å²) in [6.07, 6.45) is 5.40. The normalized spacial score (nSPS) is 26.1. The standard InChI is InChI=1S/C11H16NO3/c13-10-6-2-1-3-7-11(14)15-12-8-4-5-9(10)12/h1-8H2. The molecule has 0 N–H and O–H groups in total. The molecule has 83 valence electrons. The maximum Gasteiger partial charge on any atom is 0.325 e. The van der Waals surface area contributed by atoms with E-state index in [0.29, 0.717) is 25.4 Å². The number of carbonyl (C=O) groups excluding carboxylic acids is 2. The monoisotopic (exact) mass is 210 g/mol. The highest BCUT2D eigenvalue weighted by atomic mass is 16.7. The average Bonchev–Trinajstić information content (AvgIpc) is 2.64. The highest BCUT2D eigenvalue weighted by Crippen LogP contribution is 2.28. The van der Waals surface area contributed by atoms with Crippen LogP contribution in [0.3, 0.4) is 0 Å². The second-order valence-corrected chi connectivity index (χ2v) is 4.10. The smallest absolute Gasteiger partial charge is 0.325 e. The van der Waals surface area contributed by atoms with Crippen LogP contribution >= 0.6 is 0 Å². The maximum absolute atomic E-state index is 11.8. The molecular formula is C11H16NO3. The lowest BCUT2D eigenvalue weighted by Crippen LogP contribution is -2.32. The Balaban J connectivity index is 2.03. The highest BCUT2D eigenvalue weighted by Gasteiger charge is 2.34. The van der Waals surface area contributed by atoms with Crippen LogP contribution in [0.2, 0.25) is 0 Å². The van der Waals surface area contributed by atoms with Gasteiger partial charge in [0, 0.05) is 19.4 Å². The lowest BCUT2D eigenvalue weighted by Gasteiger charge is -2.22. The van der Waals surface area contributed by atoms with Crippen molar-refractivity contribution in [3.8, 4) is 0 Å². The minimum Gasteiger partial charge on any atom is -0.367 e. The summed E-state index contributed by atoms with van der Waals surface area (Å²) in [5, 5.41) is 1.51. The minimum absolute atomic E-state index is 0.155. The van der Waals surface area contributed by atoms with Gasteiger partial charge in [0.2, 0.25) is 0 Å². The van der Waals surface area contributed by atoms with Gasteiger partial charge in [0.15, 0.2) is 5.78 Å². The van der Waals surface area contributed by atoms with Crippen LogP contribution in [0.4, 0.5) is 0 Å². The fourth-order valence-electron chi connectivity index (χ4n) is 2.07. The molecule has 0 unspecified atom stereocenters. The van der Waals surface area contributed by atoms with Gasteiger partial charge in [0.1, 0.15) is 6.04 Å². The summed E-state index contributed by atoms with van der Waals surface area (Å²) in [6, 6.07) is 0.699. The first-order valence-electron chi connectivity index (χ1n) is 5.65. The summed E-state index contributed by atoms with van der Waals surface area (Å²) in [7, 11) is 0. The van der Waals surface area contributed by atoms with Crippen LogP contribution in [-0.4, -0.2) is 23.4 Å². The molecule has 2 rings (SSSR count). The van der Waals surface area contributed by atoms with Gasteiger partial charge in [-0.3, -0.25) is 9.59 Å². The van der Waals surface area contributed by atoms with Crippen molar-refractivity contribution in [2.45, 2.75) is 44.9 Å². The van der Waals surface area contributed by atoms with Crippen molar-refractivity contribution >= 4 is 11.8 Å². The van der Waals surface area contributed by atoms with E-state index in [1.807, 2.05) is 0 Å². The fraction of sp³-hybridized carbons (Fsp3) is 0.727. The zero-order valence-electron chi connectivity index (χ0n) is 8.83. The van der Waals surface area contributed by atoms with E-state index >= 15 is 0 Å². The Morgan fingerprint density at radius 2 is 1.73 bits per heavy atom. The maximum atomic E-state index is 11.8. The Morgan fingerprint density at radius 1 is 0.933 bits per heavy atom. The molecule has 2 heterocycles. The second-order valence-electron chi connectivity index (χ2n) is 4.10. The molecule has 0 amide bonds. The molecule has 0 bridgehead atoms. The molecule has 0 aliphatic carbocycles. The number of hydrogen-bond donors (Lipinski definition) is 0. The highest BCUT2D eigenvalue weighted by molar-refractivity contribution is 5.91. The Kier molecular flexibility index (Phi) is 3.36. The number of ketones is 1. The summed E-state index contributed by atoms with van der Waals surface area (Å²) in [4.78, 5) is 28.3. The summed E-state index contributed by atoms with van der Waals surface area (Å²) in [5.41, 5.74) is 0. The molecule has 2 fully saturated rings. The van der Waals surface area contributed by atoms with Crippen LogP contribution in [0.5, 0.6) is 0 Å². The predicted octanol–water partition coefficient (Wildman–Crippen LogP) is 1.61. The van der Waals surface area contributed by atoms with Crippen LogP contribution in [-0.2, 0) is 14.4 Å². The third kappa shape index (κ3) is 2.56. The molecule has 0 aromatic rings. The molecule has 4 heteroatoms. The van der Waals surface area contributed by atoms with Gasteiger partial charge in [-0.1, -0.05) is 6.42 Å². The number of fused-ring (bicyclic) bond motifs is 1. The first kappa shape index (κ1) is 10.6. The van der Waals surface area contributed by atoms with Crippen molar-refractivity contribution in [2.75, 3.05) is 6.54 Å². The van der Waals surface area contributed by atoms with E-state index in [1.54, 1.807) is 0 Å². The van der Waals surface area contributed by atoms with Crippen molar-refractivity contribution in [1.82, 2.24) is 5.06 Å². The number of hydrogen-bond acceptors (Lipinski definition) is 4. The largest absolute Gasteiger partial charge is 0.367 e. The van der Waals surface area contributed by atoms with E-state index in [2.05, 4.69) is 0 Å². The van der Waals surface area contributed by atoms with E-state index < -0.39 is 0 Å². The number of hydroxylamine groups is 2. The van der Waals surface area contributed by atoms with Crippen molar-refractivity contribution in [3.63, 3.8) is 0 Å². The minimum atomic E-state index is -0.205. The van der Waals surface area contributed by atoms with Crippen molar-refractivity contribution in [3.05, 3.63) is 6.04 Å². The molecule has 0 aromatic heterocycles. The van der Waals surface area contributed by atoms with Crippen LogP contribution in [0.25, 0.3) is 0 Å². The topological polar surface area (TPSA) is 46.6 Å². The van der Waals surface area contributed by atoms with Gasteiger partial charge in [0.25, 0.3) is 0 Å². The lowest BCUT2D eigenvalue weighted by molar-refractivity contribution is -0.185. The van der Waals surface area contributed by atoms with Crippen molar-refractivity contribution in [1.29, 1.82) is 0 Å². The van der Waals surface area contributed by atoms with Crippen molar-refractivity contribution in [2.24, 2.45) is 0 Å². The molecule has 2 saturated heterocycles. The zero-order valence-corrected chi connectivity index (χ0v) is 8.83. The van der Waals surface area contributed by atoms with E-state index in [1.165, 1.54) is 5.06 Å². The molecule has 15 heavy (non-hydrogen) atoms. The van der Waals surface area contributed by atoms with Crippen LogP contribution in [0, 0.1) is 6.04 Å². The quantitative estimate of drug-likeness (QED) is 0.609. The fourth-order valence-corrected chi connectivity index (χ4v) is 2.07. The molecule has 0 atom stereocenters. The Bertz CT molecular complexity index is 265. The van der Waals surface area contributed by atoms with Gasteiger partial charge in [-0.2, -0.15) is 0 Å². The van der Waals surface area contributed by atoms with Gasteiger partial charge in [-0.15, -0.1) is 5.06 Å². The molecule has 4 nitrogen and oxygen atoms in total. The molecule has 2 aliphatic heterocycles. The summed E-state index contributed by atoms with van der Waals surface area (Å²) in [6.45, 7) is 0.673. The molecule has 0 spiro atoms. The summed E-state index contributed by atoms with van der Waals surface area (Å²) in [5.74, 6) is -0.0497.